The fourth-order valence-corrected chi connectivity index (χ4v) is 4.92. The van der Waals surface area contributed by atoms with E-state index < -0.39 is 11.2 Å². The number of nitriles is 1. The topological polar surface area (TPSA) is 73.2 Å². The van der Waals surface area contributed by atoms with Gasteiger partial charge in [0.25, 0.3) is 5.91 Å². The maximum absolute atomic E-state index is 13.4. The number of para-hydroxylation sites is 1. The predicted octanol–water partition coefficient (Wildman–Crippen LogP) is 6.06. The summed E-state index contributed by atoms with van der Waals surface area (Å²) >= 11 is 13.1. The van der Waals surface area contributed by atoms with E-state index in [1.165, 1.54) is 16.7 Å². The first kappa shape index (κ1) is 22.9. The molecule has 1 aliphatic heterocycles. The average Bonchev–Trinajstić information content (AvgIpc) is 3.13. The first-order valence-electron chi connectivity index (χ1n) is 9.97. The van der Waals surface area contributed by atoms with Crippen LogP contribution in [0.2, 0.25) is 10.0 Å². The molecule has 0 radical (unpaired) electrons. The van der Waals surface area contributed by atoms with Crippen molar-refractivity contribution >= 4 is 58.2 Å². The number of rotatable bonds is 5. The third kappa shape index (κ3) is 5.23. The van der Waals surface area contributed by atoms with E-state index in [4.69, 9.17) is 23.2 Å². The summed E-state index contributed by atoms with van der Waals surface area (Å²) in [6.45, 7) is 0. The number of carbonyl (C=O) groups excluding carboxylic acids is 2. The first-order chi connectivity index (χ1) is 16.0. The van der Waals surface area contributed by atoms with E-state index in [1.54, 1.807) is 60.7 Å². The van der Waals surface area contributed by atoms with Crippen LogP contribution in [-0.4, -0.2) is 17.1 Å². The van der Waals surface area contributed by atoms with Crippen molar-refractivity contribution in [1.29, 1.82) is 5.26 Å². The van der Waals surface area contributed by atoms with Crippen LogP contribution in [0.1, 0.15) is 5.56 Å². The summed E-state index contributed by atoms with van der Waals surface area (Å²) in [7, 11) is 0. The van der Waals surface area contributed by atoms with Crippen LogP contribution in [0, 0.1) is 11.3 Å². The Kier molecular flexibility index (Phi) is 7.05. The molecular weight excluding hydrogens is 477 g/mol. The summed E-state index contributed by atoms with van der Waals surface area (Å²) in [6.07, 6.45) is 0.436. The quantitative estimate of drug-likeness (QED) is 0.346. The van der Waals surface area contributed by atoms with Gasteiger partial charge in [0.2, 0.25) is 5.91 Å². The Bertz CT molecular complexity index is 1250. The molecule has 1 atom stereocenters. The zero-order chi connectivity index (χ0) is 23.4. The number of amides is 2. The number of thioether (sulfide) groups is 1. The van der Waals surface area contributed by atoms with Gasteiger partial charge in [-0.25, -0.2) is 0 Å². The van der Waals surface area contributed by atoms with E-state index in [1.807, 2.05) is 24.3 Å². The smallest absolute Gasteiger partial charge is 0.269 e. The molecule has 5 nitrogen and oxygen atoms in total. The van der Waals surface area contributed by atoms with E-state index >= 15 is 0 Å². The van der Waals surface area contributed by atoms with Gasteiger partial charge in [0.1, 0.15) is 16.7 Å². The van der Waals surface area contributed by atoms with E-state index in [2.05, 4.69) is 5.32 Å². The lowest BCUT2D eigenvalue weighted by atomic mass is 10.1. The molecule has 0 aromatic heterocycles. The summed E-state index contributed by atoms with van der Waals surface area (Å²) in [5.74, 6) is -0.786. The minimum Gasteiger partial charge on any atom is -0.321 e. The van der Waals surface area contributed by atoms with Crippen molar-refractivity contribution < 1.29 is 9.59 Å². The van der Waals surface area contributed by atoms with Crippen molar-refractivity contribution in [1.82, 2.24) is 0 Å². The highest BCUT2D eigenvalue weighted by molar-refractivity contribution is 8.05. The lowest BCUT2D eigenvalue weighted by Crippen LogP contribution is -2.30. The summed E-state index contributed by atoms with van der Waals surface area (Å²) in [5.41, 5.74) is 1.89. The van der Waals surface area contributed by atoms with Gasteiger partial charge in [-0.1, -0.05) is 65.3 Å². The lowest BCUT2D eigenvalue weighted by Gasteiger charge is -2.18. The molecular formula is C25H17Cl2N3O2S. The fraction of sp³-hybridized carbons (Fsp3) is 0.0800. The summed E-state index contributed by atoms with van der Waals surface area (Å²) in [5, 5.41) is 13.5. The Morgan fingerprint density at radius 2 is 1.58 bits per heavy atom. The zero-order valence-corrected chi connectivity index (χ0v) is 19.5. The van der Waals surface area contributed by atoms with Crippen LogP contribution < -0.4 is 10.2 Å². The highest BCUT2D eigenvalue weighted by Crippen LogP contribution is 2.42. The molecule has 1 saturated heterocycles. The molecule has 0 unspecified atom stereocenters. The minimum absolute atomic E-state index is 0.134. The van der Waals surface area contributed by atoms with Crippen molar-refractivity contribution in [3.05, 3.63) is 105 Å². The predicted molar refractivity (Wildman–Crippen MR) is 133 cm³/mol. The van der Waals surface area contributed by atoms with Crippen LogP contribution in [0.3, 0.4) is 0 Å². The Balaban J connectivity index is 1.70. The second-order valence-electron chi connectivity index (χ2n) is 7.20. The molecule has 1 aliphatic rings. The molecule has 1 heterocycles. The van der Waals surface area contributed by atoms with Gasteiger partial charge in [-0.05, 0) is 60.5 Å². The van der Waals surface area contributed by atoms with Gasteiger partial charge in [-0.3, -0.25) is 14.5 Å². The molecule has 2 amide bonds. The minimum atomic E-state index is -0.594. The first-order valence-corrected chi connectivity index (χ1v) is 11.6. The number of nitrogens with zero attached hydrogens (tertiary/aromatic N) is 2. The highest BCUT2D eigenvalue weighted by atomic mass is 35.5. The normalized spacial score (nSPS) is 16.9. The molecule has 0 saturated carbocycles. The molecule has 1 N–H and O–H groups in total. The average molecular weight is 494 g/mol. The second kappa shape index (κ2) is 10.1. The van der Waals surface area contributed by atoms with Gasteiger partial charge in [-0.15, -0.1) is 0 Å². The van der Waals surface area contributed by atoms with Crippen molar-refractivity contribution in [2.24, 2.45) is 0 Å². The summed E-state index contributed by atoms with van der Waals surface area (Å²) < 4.78 is 0. The summed E-state index contributed by atoms with van der Waals surface area (Å²) in [4.78, 5) is 27.9. The number of benzene rings is 3. The maximum Gasteiger partial charge on any atom is 0.269 e. The molecule has 1 fully saturated rings. The highest BCUT2D eigenvalue weighted by Gasteiger charge is 2.40. The van der Waals surface area contributed by atoms with Crippen molar-refractivity contribution in [3.63, 3.8) is 0 Å². The standard InChI is InChI=1S/C25H17Cl2N3O2S/c26-17-8-6-16(7-9-17)14-22-24(32)30(20-4-2-1-3-5-20)25(33-22)21(15-28)23(31)29-19-12-10-18(27)11-13-19/h1-13,22H,14H2,(H,29,31)/b25-21-/t22-/m0/s1. The van der Waals surface area contributed by atoms with Crippen LogP contribution in [0.15, 0.2) is 89.5 Å². The Morgan fingerprint density at radius 3 is 2.18 bits per heavy atom. The zero-order valence-electron chi connectivity index (χ0n) is 17.2. The molecule has 0 bridgehead atoms. The van der Waals surface area contributed by atoms with Gasteiger partial charge in [0.05, 0.1) is 5.25 Å². The van der Waals surface area contributed by atoms with Crippen LogP contribution in [0.4, 0.5) is 11.4 Å². The number of carbonyl (C=O) groups is 2. The number of anilines is 2. The number of nitrogens with one attached hydrogen (secondary N) is 1. The van der Waals surface area contributed by atoms with Gasteiger partial charge in [-0.2, -0.15) is 5.26 Å². The lowest BCUT2D eigenvalue weighted by molar-refractivity contribution is -0.117. The third-order valence-electron chi connectivity index (χ3n) is 4.96. The van der Waals surface area contributed by atoms with Crippen LogP contribution in [0.25, 0.3) is 0 Å². The van der Waals surface area contributed by atoms with Crippen LogP contribution in [-0.2, 0) is 16.0 Å². The molecule has 4 rings (SSSR count). The number of hydrogen-bond donors (Lipinski definition) is 1. The monoisotopic (exact) mass is 493 g/mol. The van der Waals surface area contributed by atoms with Gasteiger partial charge < -0.3 is 5.32 Å². The van der Waals surface area contributed by atoms with Crippen molar-refractivity contribution in [2.45, 2.75) is 11.7 Å². The molecule has 164 valence electrons. The molecule has 3 aromatic carbocycles. The molecule has 0 aliphatic carbocycles. The Morgan fingerprint density at radius 1 is 0.970 bits per heavy atom. The van der Waals surface area contributed by atoms with Gasteiger partial charge in [0, 0.05) is 21.4 Å². The van der Waals surface area contributed by atoms with Crippen LogP contribution in [0.5, 0.6) is 0 Å². The van der Waals surface area contributed by atoms with Gasteiger partial charge >= 0.3 is 0 Å². The number of halogens is 2. The molecule has 3 aromatic rings. The maximum atomic E-state index is 13.4. The van der Waals surface area contributed by atoms with E-state index in [0.29, 0.717) is 32.9 Å². The van der Waals surface area contributed by atoms with Crippen molar-refractivity contribution in [2.75, 3.05) is 10.2 Å². The Labute approximate surface area is 205 Å². The van der Waals surface area contributed by atoms with Crippen LogP contribution >= 0.6 is 35.0 Å². The fourth-order valence-electron chi connectivity index (χ4n) is 3.36. The van der Waals surface area contributed by atoms with E-state index in [-0.39, 0.29) is 11.5 Å². The third-order valence-corrected chi connectivity index (χ3v) is 6.72. The molecule has 0 spiro atoms. The van der Waals surface area contributed by atoms with E-state index in [0.717, 1.165) is 5.56 Å². The number of hydrogen-bond acceptors (Lipinski definition) is 4. The molecule has 8 heteroatoms. The van der Waals surface area contributed by atoms with Gasteiger partial charge in [0.15, 0.2) is 0 Å². The van der Waals surface area contributed by atoms with E-state index in [9.17, 15) is 14.9 Å². The largest absolute Gasteiger partial charge is 0.321 e. The summed E-state index contributed by atoms with van der Waals surface area (Å²) in [6, 6.07) is 24.8. The van der Waals surface area contributed by atoms with Crippen molar-refractivity contribution in [3.8, 4) is 6.07 Å². The SMILES string of the molecule is N#C/C(C(=O)Nc1ccc(Cl)cc1)=C1/S[C@@H](Cc2ccc(Cl)cc2)C(=O)N1c1ccccc1. The molecule has 33 heavy (non-hydrogen) atoms. The Hall–Kier alpha value is -3.24. The second-order valence-corrected chi connectivity index (χ2v) is 9.26.